The standard InChI is InChI=1S/C28H28N4O2S/c1-19-7-4-9-21(13-19)16-29-27(34)28(3)18-32-24(15-23(30-32)25-11-6-12-35-25)26(33)31(28)17-22-10-5-8-20(2)14-22/h4-15H,16-18H2,1-3H3,(H,29,34)/t28-/m1/s1. The Balaban J connectivity index is 1.49. The maximum atomic E-state index is 13.8. The molecule has 5 rings (SSSR count). The summed E-state index contributed by atoms with van der Waals surface area (Å²) in [6.45, 7) is 6.91. The van der Waals surface area contributed by atoms with Crippen LogP contribution in [0.4, 0.5) is 0 Å². The van der Waals surface area contributed by atoms with Crippen molar-refractivity contribution in [1.29, 1.82) is 0 Å². The fraction of sp³-hybridized carbons (Fsp3) is 0.250. The fourth-order valence-electron chi connectivity index (χ4n) is 4.62. The van der Waals surface area contributed by atoms with Crippen molar-refractivity contribution in [2.45, 2.75) is 45.9 Å². The van der Waals surface area contributed by atoms with Crippen molar-refractivity contribution in [2.75, 3.05) is 0 Å². The fourth-order valence-corrected chi connectivity index (χ4v) is 5.30. The van der Waals surface area contributed by atoms with Gasteiger partial charge in [0, 0.05) is 13.1 Å². The third kappa shape index (κ3) is 4.51. The molecule has 1 aliphatic heterocycles. The van der Waals surface area contributed by atoms with Gasteiger partial charge in [-0.2, -0.15) is 5.10 Å². The first-order valence-corrected chi connectivity index (χ1v) is 12.5. The lowest BCUT2D eigenvalue weighted by Gasteiger charge is -2.43. The van der Waals surface area contributed by atoms with Crippen LogP contribution < -0.4 is 5.32 Å². The lowest BCUT2D eigenvalue weighted by molar-refractivity contribution is -0.133. The van der Waals surface area contributed by atoms with Gasteiger partial charge in [-0.25, -0.2) is 0 Å². The largest absolute Gasteiger partial charge is 0.350 e. The van der Waals surface area contributed by atoms with E-state index in [1.165, 1.54) is 0 Å². The molecule has 2 aromatic heterocycles. The van der Waals surface area contributed by atoms with E-state index in [1.54, 1.807) is 20.9 Å². The van der Waals surface area contributed by atoms with E-state index in [0.717, 1.165) is 32.8 Å². The van der Waals surface area contributed by atoms with Gasteiger partial charge in [0.1, 0.15) is 16.9 Å². The molecule has 0 fully saturated rings. The van der Waals surface area contributed by atoms with Crippen LogP contribution in [0.25, 0.3) is 10.6 Å². The SMILES string of the molecule is Cc1cccc(CNC(=O)[C@@]2(C)Cn3nc(-c4cccs4)cc3C(=O)N2Cc2cccc(C)c2)c1. The first-order chi connectivity index (χ1) is 16.8. The summed E-state index contributed by atoms with van der Waals surface area (Å²) < 4.78 is 1.69. The Morgan fingerprint density at radius 3 is 2.43 bits per heavy atom. The van der Waals surface area contributed by atoms with E-state index in [9.17, 15) is 9.59 Å². The number of hydrogen-bond donors (Lipinski definition) is 1. The van der Waals surface area contributed by atoms with Crippen molar-refractivity contribution in [3.05, 3.63) is 100 Å². The van der Waals surface area contributed by atoms with Crippen molar-refractivity contribution >= 4 is 23.2 Å². The summed E-state index contributed by atoms with van der Waals surface area (Å²) in [5.74, 6) is -0.389. The zero-order valence-corrected chi connectivity index (χ0v) is 20.9. The summed E-state index contributed by atoms with van der Waals surface area (Å²) in [7, 11) is 0. The van der Waals surface area contributed by atoms with Crippen molar-refractivity contribution < 1.29 is 9.59 Å². The van der Waals surface area contributed by atoms with Crippen LogP contribution in [0.5, 0.6) is 0 Å². The smallest absolute Gasteiger partial charge is 0.273 e. The molecule has 2 aromatic carbocycles. The summed E-state index contributed by atoms with van der Waals surface area (Å²) in [6, 6.07) is 21.9. The van der Waals surface area contributed by atoms with Crippen LogP contribution in [0, 0.1) is 13.8 Å². The number of carbonyl (C=O) groups excluding carboxylic acids is 2. The van der Waals surface area contributed by atoms with E-state index in [0.29, 0.717) is 18.8 Å². The Bertz CT molecular complexity index is 1390. The van der Waals surface area contributed by atoms with Crippen molar-refractivity contribution in [3.63, 3.8) is 0 Å². The van der Waals surface area contributed by atoms with Gasteiger partial charge in [0.15, 0.2) is 0 Å². The number of benzene rings is 2. The van der Waals surface area contributed by atoms with E-state index in [1.807, 2.05) is 80.7 Å². The number of rotatable bonds is 6. The van der Waals surface area contributed by atoms with Gasteiger partial charge in [0.05, 0.1) is 11.4 Å². The second-order valence-electron chi connectivity index (χ2n) is 9.38. The average molecular weight is 485 g/mol. The number of nitrogens with zero attached hydrogens (tertiary/aromatic N) is 3. The van der Waals surface area contributed by atoms with Crippen molar-refractivity contribution in [3.8, 4) is 10.6 Å². The molecule has 2 amide bonds. The molecule has 0 saturated carbocycles. The number of hydrogen-bond acceptors (Lipinski definition) is 4. The van der Waals surface area contributed by atoms with E-state index < -0.39 is 5.54 Å². The highest BCUT2D eigenvalue weighted by molar-refractivity contribution is 7.13. The molecule has 1 aliphatic rings. The van der Waals surface area contributed by atoms with Gasteiger partial charge in [-0.3, -0.25) is 14.3 Å². The normalized spacial score (nSPS) is 17.3. The van der Waals surface area contributed by atoms with Gasteiger partial charge in [-0.15, -0.1) is 11.3 Å². The minimum absolute atomic E-state index is 0.193. The molecule has 35 heavy (non-hydrogen) atoms. The minimum atomic E-state index is -1.10. The number of aromatic nitrogens is 2. The summed E-state index contributed by atoms with van der Waals surface area (Å²) in [5.41, 5.74) is 4.42. The molecule has 0 aliphatic carbocycles. The van der Waals surface area contributed by atoms with Gasteiger partial charge >= 0.3 is 0 Å². The zero-order chi connectivity index (χ0) is 24.6. The highest BCUT2D eigenvalue weighted by Gasteiger charge is 2.48. The first-order valence-electron chi connectivity index (χ1n) is 11.7. The molecule has 0 radical (unpaired) electrons. The molecule has 6 nitrogen and oxygen atoms in total. The Morgan fingerprint density at radius 1 is 1.03 bits per heavy atom. The highest BCUT2D eigenvalue weighted by atomic mass is 32.1. The average Bonchev–Trinajstić information content (AvgIpc) is 3.50. The number of aryl methyl sites for hydroxylation is 2. The summed E-state index contributed by atoms with van der Waals surface area (Å²) in [5, 5.41) is 9.77. The molecule has 0 spiro atoms. The second kappa shape index (κ2) is 9.15. The minimum Gasteiger partial charge on any atom is -0.350 e. The summed E-state index contributed by atoms with van der Waals surface area (Å²) in [4.78, 5) is 30.2. The van der Waals surface area contributed by atoms with Crippen LogP contribution in [0.2, 0.25) is 0 Å². The van der Waals surface area contributed by atoms with Gasteiger partial charge in [-0.05, 0) is 49.4 Å². The third-order valence-corrected chi connectivity index (χ3v) is 7.41. The van der Waals surface area contributed by atoms with Crippen LogP contribution in [-0.2, 0) is 24.4 Å². The van der Waals surface area contributed by atoms with Crippen LogP contribution in [0.1, 0.15) is 39.7 Å². The number of fused-ring (bicyclic) bond motifs is 1. The van der Waals surface area contributed by atoms with Gasteiger partial charge in [-0.1, -0.05) is 65.7 Å². The molecule has 1 atom stereocenters. The molecule has 0 saturated heterocycles. The maximum absolute atomic E-state index is 13.8. The predicted octanol–water partition coefficient (Wildman–Crippen LogP) is 4.96. The molecule has 1 N–H and O–H groups in total. The molecule has 4 aromatic rings. The molecular weight excluding hydrogens is 456 g/mol. The number of amides is 2. The Morgan fingerprint density at radius 2 is 1.74 bits per heavy atom. The quantitative estimate of drug-likeness (QED) is 0.421. The molecule has 0 unspecified atom stereocenters. The van der Waals surface area contributed by atoms with E-state index in [-0.39, 0.29) is 18.4 Å². The van der Waals surface area contributed by atoms with Crippen LogP contribution >= 0.6 is 11.3 Å². The van der Waals surface area contributed by atoms with E-state index in [4.69, 9.17) is 5.10 Å². The van der Waals surface area contributed by atoms with Crippen LogP contribution in [0.15, 0.2) is 72.1 Å². The lowest BCUT2D eigenvalue weighted by Crippen LogP contribution is -2.63. The Labute approximate surface area is 209 Å². The number of nitrogens with one attached hydrogen (secondary N) is 1. The second-order valence-corrected chi connectivity index (χ2v) is 10.3. The monoisotopic (exact) mass is 484 g/mol. The predicted molar refractivity (Wildman–Crippen MR) is 138 cm³/mol. The van der Waals surface area contributed by atoms with Crippen LogP contribution in [-0.4, -0.2) is 32.0 Å². The van der Waals surface area contributed by atoms with Crippen molar-refractivity contribution in [1.82, 2.24) is 20.0 Å². The van der Waals surface area contributed by atoms with E-state index in [2.05, 4.69) is 17.4 Å². The zero-order valence-electron chi connectivity index (χ0n) is 20.1. The third-order valence-electron chi connectivity index (χ3n) is 6.52. The topological polar surface area (TPSA) is 67.2 Å². The Hall–Kier alpha value is -3.71. The molecule has 7 heteroatoms. The van der Waals surface area contributed by atoms with Crippen molar-refractivity contribution in [2.24, 2.45) is 0 Å². The van der Waals surface area contributed by atoms with Crippen LogP contribution in [0.3, 0.4) is 0 Å². The molecule has 0 bridgehead atoms. The summed E-state index contributed by atoms with van der Waals surface area (Å²) >= 11 is 1.58. The summed E-state index contributed by atoms with van der Waals surface area (Å²) in [6.07, 6.45) is 0. The number of thiophene rings is 1. The molecular formula is C28H28N4O2S. The first kappa shape index (κ1) is 23.1. The molecule has 178 valence electrons. The number of carbonyl (C=O) groups is 2. The van der Waals surface area contributed by atoms with Gasteiger partial charge in [0.25, 0.3) is 5.91 Å². The van der Waals surface area contributed by atoms with Gasteiger partial charge < -0.3 is 10.2 Å². The maximum Gasteiger partial charge on any atom is 0.273 e. The Kier molecular flexibility index (Phi) is 6.03. The highest BCUT2D eigenvalue weighted by Crippen LogP contribution is 2.32. The lowest BCUT2D eigenvalue weighted by atomic mass is 9.93. The molecule has 3 heterocycles. The van der Waals surface area contributed by atoms with E-state index >= 15 is 0 Å². The van der Waals surface area contributed by atoms with Gasteiger partial charge in [0.2, 0.25) is 5.91 Å².